The second-order valence-electron chi connectivity index (χ2n) is 6.99. The molecule has 9 heteroatoms. The molecule has 29 heavy (non-hydrogen) atoms. The number of methoxy groups -OCH3 is 1. The third-order valence-corrected chi connectivity index (χ3v) is 5.12. The summed E-state index contributed by atoms with van der Waals surface area (Å²) in [5.41, 5.74) is 1.05. The van der Waals surface area contributed by atoms with E-state index < -0.39 is 0 Å². The molecule has 1 saturated heterocycles. The number of rotatable bonds is 5. The van der Waals surface area contributed by atoms with Crippen LogP contribution in [0.5, 0.6) is 5.75 Å². The third kappa shape index (κ3) is 4.00. The summed E-state index contributed by atoms with van der Waals surface area (Å²) >= 11 is 0. The zero-order chi connectivity index (χ0) is 20.4. The van der Waals surface area contributed by atoms with Gasteiger partial charge in [-0.15, -0.1) is 5.10 Å². The SMILES string of the molecule is COc1ccc(CN2CCN(C(=O)Cn3nc4ccccn4c3=O)CC2)cc1F. The zero-order valence-corrected chi connectivity index (χ0v) is 16.1. The van der Waals surface area contributed by atoms with Crippen LogP contribution in [0.15, 0.2) is 47.4 Å². The van der Waals surface area contributed by atoms with E-state index in [0.29, 0.717) is 38.4 Å². The fourth-order valence-corrected chi connectivity index (χ4v) is 3.52. The maximum atomic E-state index is 13.9. The predicted molar refractivity (Wildman–Crippen MR) is 104 cm³/mol. The standard InChI is InChI=1S/C20H22FN5O3/c1-29-17-6-5-15(12-16(17)21)13-23-8-10-24(11-9-23)19(27)14-26-20(28)25-7-3-2-4-18(25)22-26/h2-7,12H,8-11,13-14H2,1H3. The molecule has 4 rings (SSSR count). The van der Waals surface area contributed by atoms with Gasteiger partial charge in [-0.05, 0) is 29.8 Å². The Labute approximate surface area is 166 Å². The number of benzene rings is 1. The van der Waals surface area contributed by atoms with E-state index in [9.17, 15) is 14.0 Å². The lowest BCUT2D eigenvalue weighted by Crippen LogP contribution is -2.49. The van der Waals surface area contributed by atoms with Crippen LogP contribution in [0.25, 0.3) is 5.65 Å². The Morgan fingerprint density at radius 2 is 1.97 bits per heavy atom. The number of carbonyl (C=O) groups excluding carboxylic acids is 1. The number of hydrogen-bond donors (Lipinski definition) is 0. The summed E-state index contributed by atoms with van der Waals surface area (Å²) in [4.78, 5) is 28.8. The molecule has 0 aliphatic carbocycles. The van der Waals surface area contributed by atoms with Crippen molar-refractivity contribution in [3.05, 3.63) is 64.5 Å². The van der Waals surface area contributed by atoms with Crippen molar-refractivity contribution in [3.8, 4) is 5.75 Å². The Balaban J connectivity index is 1.34. The van der Waals surface area contributed by atoms with Gasteiger partial charge in [0.05, 0.1) is 7.11 Å². The minimum atomic E-state index is -0.378. The predicted octanol–water partition coefficient (Wildman–Crippen LogP) is 0.988. The highest BCUT2D eigenvalue weighted by molar-refractivity contribution is 5.76. The van der Waals surface area contributed by atoms with Crippen molar-refractivity contribution in [2.24, 2.45) is 0 Å². The van der Waals surface area contributed by atoms with Gasteiger partial charge in [0.25, 0.3) is 0 Å². The largest absolute Gasteiger partial charge is 0.494 e. The first kappa shape index (κ1) is 19.1. The maximum Gasteiger partial charge on any atom is 0.350 e. The van der Waals surface area contributed by atoms with Crippen LogP contribution in [0.1, 0.15) is 5.56 Å². The van der Waals surface area contributed by atoms with Gasteiger partial charge in [-0.1, -0.05) is 12.1 Å². The monoisotopic (exact) mass is 399 g/mol. The van der Waals surface area contributed by atoms with Crippen LogP contribution in [-0.2, 0) is 17.9 Å². The van der Waals surface area contributed by atoms with Crippen LogP contribution in [0.2, 0.25) is 0 Å². The zero-order valence-electron chi connectivity index (χ0n) is 16.1. The Kier molecular flexibility index (Phi) is 5.30. The average molecular weight is 399 g/mol. The van der Waals surface area contributed by atoms with E-state index in [0.717, 1.165) is 5.56 Å². The van der Waals surface area contributed by atoms with Crippen molar-refractivity contribution >= 4 is 11.6 Å². The fraction of sp³-hybridized carbons (Fsp3) is 0.350. The number of aromatic nitrogens is 3. The van der Waals surface area contributed by atoms with Gasteiger partial charge in [-0.3, -0.25) is 14.1 Å². The lowest BCUT2D eigenvalue weighted by atomic mass is 10.2. The molecule has 1 fully saturated rings. The first-order chi connectivity index (χ1) is 14.0. The molecule has 3 aromatic rings. The van der Waals surface area contributed by atoms with Crippen LogP contribution in [0, 0.1) is 5.82 Å². The van der Waals surface area contributed by atoms with Gasteiger partial charge in [0.15, 0.2) is 17.2 Å². The number of halogens is 1. The minimum absolute atomic E-state index is 0.0792. The van der Waals surface area contributed by atoms with Gasteiger partial charge < -0.3 is 9.64 Å². The summed E-state index contributed by atoms with van der Waals surface area (Å²) in [5.74, 6) is -0.284. The first-order valence-electron chi connectivity index (χ1n) is 9.42. The molecule has 0 bridgehead atoms. The summed E-state index contributed by atoms with van der Waals surface area (Å²) in [6, 6.07) is 10.2. The third-order valence-electron chi connectivity index (χ3n) is 5.12. The van der Waals surface area contributed by atoms with Crippen LogP contribution >= 0.6 is 0 Å². The molecular weight excluding hydrogens is 377 g/mol. The number of amides is 1. The van der Waals surface area contributed by atoms with Crippen molar-refractivity contribution in [2.75, 3.05) is 33.3 Å². The molecule has 0 radical (unpaired) electrons. The maximum absolute atomic E-state index is 13.9. The Hall–Kier alpha value is -3.20. The van der Waals surface area contributed by atoms with Crippen LogP contribution in [0.3, 0.4) is 0 Å². The highest BCUT2D eigenvalue weighted by atomic mass is 19.1. The van der Waals surface area contributed by atoms with Crippen molar-refractivity contribution in [1.82, 2.24) is 24.0 Å². The van der Waals surface area contributed by atoms with E-state index in [1.807, 2.05) is 6.07 Å². The van der Waals surface area contributed by atoms with Crippen molar-refractivity contribution in [1.29, 1.82) is 0 Å². The van der Waals surface area contributed by atoms with E-state index in [-0.39, 0.29) is 29.7 Å². The molecule has 0 saturated carbocycles. The molecule has 0 spiro atoms. The van der Waals surface area contributed by atoms with Crippen LogP contribution in [0.4, 0.5) is 4.39 Å². The number of carbonyl (C=O) groups is 1. The van der Waals surface area contributed by atoms with E-state index in [1.54, 1.807) is 35.4 Å². The summed E-state index contributed by atoms with van der Waals surface area (Å²) < 4.78 is 21.4. The van der Waals surface area contributed by atoms with Crippen molar-refractivity contribution in [3.63, 3.8) is 0 Å². The number of nitrogens with zero attached hydrogens (tertiary/aromatic N) is 5. The molecule has 152 valence electrons. The normalized spacial score (nSPS) is 15.0. The lowest BCUT2D eigenvalue weighted by molar-refractivity contribution is -0.133. The second-order valence-corrected chi connectivity index (χ2v) is 6.99. The summed E-state index contributed by atoms with van der Waals surface area (Å²) in [5, 5.41) is 4.20. The van der Waals surface area contributed by atoms with Gasteiger partial charge >= 0.3 is 5.69 Å². The van der Waals surface area contributed by atoms with E-state index in [4.69, 9.17) is 4.74 Å². The second kappa shape index (κ2) is 8.04. The van der Waals surface area contributed by atoms with Gasteiger partial charge in [0.1, 0.15) is 6.54 Å². The summed E-state index contributed by atoms with van der Waals surface area (Å²) in [6.07, 6.45) is 1.63. The van der Waals surface area contributed by atoms with Gasteiger partial charge in [-0.2, -0.15) is 0 Å². The number of piperazine rings is 1. The van der Waals surface area contributed by atoms with Gasteiger partial charge in [-0.25, -0.2) is 13.9 Å². The fourth-order valence-electron chi connectivity index (χ4n) is 3.52. The molecular formula is C20H22FN5O3. The molecule has 1 aliphatic heterocycles. The van der Waals surface area contributed by atoms with E-state index in [1.165, 1.54) is 22.3 Å². The number of ether oxygens (including phenoxy) is 1. The van der Waals surface area contributed by atoms with Crippen molar-refractivity contribution < 1.29 is 13.9 Å². The minimum Gasteiger partial charge on any atom is -0.494 e. The molecule has 0 atom stereocenters. The smallest absolute Gasteiger partial charge is 0.350 e. The number of pyridine rings is 1. The molecule has 0 unspecified atom stereocenters. The van der Waals surface area contributed by atoms with Crippen LogP contribution < -0.4 is 10.4 Å². The molecule has 1 aliphatic rings. The highest BCUT2D eigenvalue weighted by Gasteiger charge is 2.22. The topological polar surface area (TPSA) is 72.1 Å². The average Bonchev–Trinajstić information content (AvgIpc) is 3.04. The van der Waals surface area contributed by atoms with Gasteiger partial charge in [0.2, 0.25) is 5.91 Å². The Morgan fingerprint density at radius 3 is 2.66 bits per heavy atom. The molecule has 0 N–H and O–H groups in total. The summed E-state index contributed by atoms with van der Waals surface area (Å²) in [6.45, 7) is 3.00. The lowest BCUT2D eigenvalue weighted by Gasteiger charge is -2.34. The molecule has 1 amide bonds. The number of fused-ring (bicyclic) bond motifs is 1. The molecule has 3 heterocycles. The molecule has 2 aromatic heterocycles. The van der Waals surface area contributed by atoms with Crippen molar-refractivity contribution in [2.45, 2.75) is 13.1 Å². The van der Waals surface area contributed by atoms with Crippen LogP contribution in [-0.4, -0.2) is 63.2 Å². The molecule has 8 nitrogen and oxygen atoms in total. The molecule has 1 aromatic carbocycles. The Bertz CT molecular complexity index is 1090. The quantitative estimate of drug-likeness (QED) is 0.640. The Morgan fingerprint density at radius 1 is 1.17 bits per heavy atom. The van der Waals surface area contributed by atoms with E-state index in [2.05, 4.69) is 10.00 Å². The number of hydrogen-bond acceptors (Lipinski definition) is 5. The van der Waals surface area contributed by atoms with E-state index >= 15 is 0 Å². The highest BCUT2D eigenvalue weighted by Crippen LogP contribution is 2.19. The first-order valence-corrected chi connectivity index (χ1v) is 9.42. The van der Waals surface area contributed by atoms with Gasteiger partial charge in [0, 0.05) is 38.9 Å². The summed E-state index contributed by atoms with van der Waals surface area (Å²) in [7, 11) is 1.44.